The number of hydrogen-bond donors (Lipinski definition) is 3. The first-order valence-corrected chi connectivity index (χ1v) is 12.9. The number of alkyl halides is 3. The van der Waals surface area contributed by atoms with Crippen LogP contribution in [0.15, 0.2) is 36.4 Å². The molecule has 1 spiro atoms. The quantitative estimate of drug-likeness (QED) is 0.355. The Morgan fingerprint density at radius 3 is 2.64 bits per heavy atom. The SMILES string of the molecule is CC(CO)SNc1ccc(C(=O)Nc2cccc(OCCC(F)(F)F)n2)c(N2CCC3(CC2)CC3)c1. The Labute approximate surface area is 212 Å². The maximum Gasteiger partial charge on any atom is 0.392 e. The molecule has 0 radical (unpaired) electrons. The summed E-state index contributed by atoms with van der Waals surface area (Å²) in [6, 6.07) is 10.1. The normalized spacial score (nSPS) is 17.5. The zero-order valence-electron chi connectivity index (χ0n) is 20.1. The summed E-state index contributed by atoms with van der Waals surface area (Å²) in [4.78, 5) is 19.6. The minimum Gasteiger partial charge on any atom is -0.477 e. The lowest BCUT2D eigenvalue weighted by molar-refractivity contribution is -0.139. The Hall–Kier alpha value is -2.66. The molecule has 196 valence electrons. The molecule has 1 aliphatic heterocycles. The molecule has 7 nitrogen and oxygen atoms in total. The number of rotatable bonds is 10. The number of carbonyl (C=O) groups is 1. The molecule has 11 heteroatoms. The molecule has 1 aromatic heterocycles. The summed E-state index contributed by atoms with van der Waals surface area (Å²) in [5.74, 6) is -0.155. The molecule has 4 rings (SSSR count). The number of aliphatic hydroxyl groups is 1. The predicted octanol–water partition coefficient (Wildman–Crippen LogP) is 5.49. The van der Waals surface area contributed by atoms with Crippen LogP contribution in [0.4, 0.5) is 30.4 Å². The second-order valence-corrected chi connectivity index (χ2v) is 10.7. The van der Waals surface area contributed by atoms with Crippen LogP contribution in [0.2, 0.25) is 0 Å². The van der Waals surface area contributed by atoms with Gasteiger partial charge in [0.2, 0.25) is 5.88 Å². The molecule has 1 aromatic carbocycles. The molecular formula is C25H31F3N4O3S. The van der Waals surface area contributed by atoms with Crippen LogP contribution in [0.3, 0.4) is 0 Å². The van der Waals surface area contributed by atoms with Gasteiger partial charge in [0.1, 0.15) is 5.82 Å². The Balaban J connectivity index is 1.48. The zero-order chi connectivity index (χ0) is 25.8. The largest absolute Gasteiger partial charge is 0.477 e. The number of nitrogens with zero attached hydrogens (tertiary/aromatic N) is 2. The van der Waals surface area contributed by atoms with E-state index in [1.54, 1.807) is 18.2 Å². The minimum absolute atomic E-state index is 0.0117. The third kappa shape index (κ3) is 7.19. The lowest BCUT2D eigenvalue weighted by atomic mass is 9.93. The fraction of sp³-hybridized carbons (Fsp3) is 0.520. The van der Waals surface area contributed by atoms with Crippen molar-refractivity contribution in [3.63, 3.8) is 0 Å². The molecule has 1 amide bonds. The minimum atomic E-state index is -4.31. The van der Waals surface area contributed by atoms with Gasteiger partial charge in [0.25, 0.3) is 5.91 Å². The van der Waals surface area contributed by atoms with Crippen molar-refractivity contribution in [1.29, 1.82) is 0 Å². The lowest BCUT2D eigenvalue weighted by Gasteiger charge is -2.35. The van der Waals surface area contributed by atoms with Crippen LogP contribution in [0.1, 0.15) is 49.4 Å². The number of pyridine rings is 1. The Kier molecular flexibility index (Phi) is 8.19. The number of aromatic nitrogens is 1. The highest BCUT2D eigenvalue weighted by atomic mass is 32.2. The van der Waals surface area contributed by atoms with Crippen molar-refractivity contribution >= 4 is 35.0 Å². The van der Waals surface area contributed by atoms with Crippen LogP contribution in [0, 0.1) is 5.41 Å². The van der Waals surface area contributed by atoms with E-state index in [1.807, 2.05) is 19.1 Å². The molecule has 2 aliphatic rings. The van der Waals surface area contributed by atoms with Gasteiger partial charge in [-0.2, -0.15) is 18.2 Å². The summed E-state index contributed by atoms with van der Waals surface area (Å²) in [5.41, 5.74) is 2.61. The number of halogens is 3. The van der Waals surface area contributed by atoms with Crippen molar-refractivity contribution in [2.45, 2.75) is 50.5 Å². The van der Waals surface area contributed by atoms with Gasteiger partial charge in [0.05, 0.1) is 30.9 Å². The molecular weight excluding hydrogens is 493 g/mol. The zero-order valence-corrected chi connectivity index (χ0v) is 20.9. The molecule has 1 atom stereocenters. The van der Waals surface area contributed by atoms with E-state index < -0.39 is 19.2 Å². The van der Waals surface area contributed by atoms with E-state index in [9.17, 15) is 23.1 Å². The molecule has 0 bridgehead atoms. The van der Waals surface area contributed by atoms with Crippen LogP contribution in [0.25, 0.3) is 0 Å². The second kappa shape index (κ2) is 11.2. The average Bonchev–Trinajstić information content (AvgIpc) is 3.61. The molecule has 1 aliphatic carbocycles. The Morgan fingerprint density at radius 2 is 1.97 bits per heavy atom. The lowest BCUT2D eigenvalue weighted by Crippen LogP contribution is -2.35. The Bertz CT molecular complexity index is 1060. The van der Waals surface area contributed by atoms with Crippen molar-refractivity contribution in [3.8, 4) is 5.88 Å². The highest BCUT2D eigenvalue weighted by molar-refractivity contribution is 8.01. The summed E-state index contributed by atoms with van der Waals surface area (Å²) in [6.07, 6.45) is -0.647. The third-order valence-electron chi connectivity index (χ3n) is 6.60. The topological polar surface area (TPSA) is 86.7 Å². The number of aliphatic hydroxyl groups excluding tert-OH is 1. The van der Waals surface area contributed by atoms with Gasteiger partial charge in [-0.15, -0.1) is 0 Å². The van der Waals surface area contributed by atoms with Gasteiger partial charge in [-0.3, -0.25) is 4.79 Å². The van der Waals surface area contributed by atoms with E-state index in [1.165, 1.54) is 30.9 Å². The van der Waals surface area contributed by atoms with E-state index in [0.717, 1.165) is 37.3 Å². The van der Waals surface area contributed by atoms with Crippen molar-refractivity contribution in [2.75, 3.05) is 41.2 Å². The first-order chi connectivity index (χ1) is 17.2. The molecule has 2 fully saturated rings. The molecule has 3 N–H and O–H groups in total. The predicted molar refractivity (Wildman–Crippen MR) is 136 cm³/mol. The van der Waals surface area contributed by atoms with Gasteiger partial charge in [-0.05, 0) is 74.2 Å². The van der Waals surface area contributed by atoms with Crippen LogP contribution >= 0.6 is 11.9 Å². The summed E-state index contributed by atoms with van der Waals surface area (Å²) in [5, 5.41) is 12.1. The van der Waals surface area contributed by atoms with Gasteiger partial charge in [0.15, 0.2) is 0 Å². The van der Waals surface area contributed by atoms with E-state index in [4.69, 9.17) is 4.74 Å². The number of amides is 1. The van der Waals surface area contributed by atoms with Gasteiger partial charge in [-0.25, -0.2) is 0 Å². The molecule has 1 saturated carbocycles. The molecule has 1 unspecified atom stereocenters. The van der Waals surface area contributed by atoms with E-state index >= 15 is 0 Å². The molecule has 2 aromatic rings. The second-order valence-electron chi connectivity index (χ2n) is 9.46. The summed E-state index contributed by atoms with van der Waals surface area (Å²) in [6.45, 7) is 3.14. The van der Waals surface area contributed by atoms with Crippen LogP contribution < -0.4 is 19.7 Å². The summed E-state index contributed by atoms with van der Waals surface area (Å²) in [7, 11) is 0. The van der Waals surface area contributed by atoms with Crippen molar-refractivity contribution in [1.82, 2.24) is 4.98 Å². The number of ether oxygens (including phenoxy) is 1. The fourth-order valence-corrected chi connectivity index (χ4v) is 4.71. The summed E-state index contributed by atoms with van der Waals surface area (Å²) < 4.78 is 45.5. The van der Waals surface area contributed by atoms with Gasteiger partial charge in [-0.1, -0.05) is 6.07 Å². The molecule has 2 heterocycles. The maximum atomic E-state index is 13.3. The highest BCUT2D eigenvalue weighted by Gasteiger charge is 2.44. The van der Waals surface area contributed by atoms with E-state index in [2.05, 4.69) is 19.9 Å². The third-order valence-corrected chi connectivity index (χ3v) is 7.50. The molecule has 1 saturated heterocycles. The Morgan fingerprint density at radius 1 is 1.22 bits per heavy atom. The van der Waals surface area contributed by atoms with E-state index in [0.29, 0.717) is 11.0 Å². The van der Waals surface area contributed by atoms with Crippen molar-refractivity contribution in [2.24, 2.45) is 5.41 Å². The number of carbonyl (C=O) groups excluding carboxylic acids is 1. The van der Waals surface area contributed by atoms with Crippen LogP contribution in [-0.2, 0) is 0 Å². The van der Waals surface area contributed by atoms with E-state index in [-0.39, 0.29) is 29.5 Å². The monoisotopic (exact) mass is 524 g/mol. The number of nitrogens with one attached hydrogen (secondary N) is 2. The molecule has 36 heavy (non-hydrogen) atoms. The fourth-order valence-electron chi connectivity index (χ4n) is 4.17. The van der Waals surface area contributed by atoms with Crippen LogP contribution in [0.5, 0.6) is 5.88 Å². The highest BCUT2D eigenvalue weighted by Crippen LogP contribution is 2.54. The smallest absolute Gasteiger partial charge is 0.392 e. The van der Waals surface area contributed by atoms with Gasteiger partial charge >= 0.3 is 6.18 Å². The standard InChI is InChI=1S/C25H31F3N4O3S/c1-17(16-33)36-31-18-5-6-19(20(15-18)32-12-9-24(7-8-24)10-13-32)23(34)30-21-3-2-4-22(29-21)35-14-11-25(26,27)28/h2-6,15,17,31,33H,7-14,16H2,1H3,(H,29,30,34). The first-order valence-electron chi connectivity index (χ1n) is 12.1. The van der Waals surface area contributed by atoms with Crippen molar-refractivity contribution < 1.29 is 27.8 Å². The number of anilines is 3. The summed E-state index contributed by atoms with van der Waals surface area (Å²) >= 11 is 1.41. The average molecular weight is 525 g/mol. The number of hydrogen-bond acceptors (Lipinski definition) is 7. The first kappa shape index (κ1) is 26.4. The van der Waals surface area contributed by atoms with Crippen LogP contribution in [-0.4, -0.2) is 53.7 Å². The number of benzene rings is 1. The maximum absolute atomic E-state index is 13.3. The van der Waals surface area contributed by atoms with Crippen molar-refractivity contribution in [3.05, 3.63) is 42.0 Å². The van der Waals surface area contributed by atoms with Gasteiger partial charge < -0.3 is 24.8 Å². The van der Waals surface area contributed by atoms with Gasteiger partial charge in [0, 0.05) is 30.1 Å². The number of piperidine rings is 1.